The fourth-order valence-electron chi connectivity index (χ4n) is 2.76. The van der Waals surface area contributed by atoms with E-state index < -0.39 is 5.97 Å². The van der Waals surface area contributed by atoms with Crippen LogP contribution in [0.3, 0.4) is 0 Å². The number of piperidine rings is 1. The number of hydrogen-bond donors (Lipinski definition) is 2. The summed E-state index contributed by atoms with van der Waals surface area (Å²) in [6.45, 7) is 4.04. The SMILES string of the molecule is CC1CCCC(C)N1C(=O)Nc1cc(C(=O)O)ccc1Cl. The molecule has 2 N–H and O–H groups in total. The van der Waals surface area contributed by atoms with Gasteiger partial charge in [0.25, 0.3) is 0 Å². The van der Waals surface area contributed by atoms with E-state index in [-0.39, 0.29) is 23.7 Å². The zero-order valence-electron chi connectivity index (χ0n) is 12.1. The summed E-state index contributed by atoms with van der Waals surface area (Å²) in [7, 11) is 0. The van der Waals surface area contributed by atoms with Crippen molar-refractivity contribution < 1.29 is 14.7 Å². The van der Waals surface area contributed by atoms with E-state index in [0.717, 1.165) is 19.3 Å². The number of carboxylic acids is 1. The highest BCUT2D eigenvalue weighted by Gasteiger charge is 2.29. The summed E-state index contributed by atoms with van der Waals surface area (Å²) in [4.78, 5) is 25.2. The Morgan fingerprint density at radius 2 is 1.90 bits per heavy atom. The molecule has 1 fully saturated rings. The summed E-state index contributed by atoms with van der Waals surface area (Å²) in [5, 5.41) is 12.1. The first-order valence-electron chi connectivity index (χ1n) is 7.02. The maximum absolute atomic E-state index is 12.4. The maximum atomic E-state index is 12.4. The van der Waals surface area contributed by atoms with E-state index in [9.17, 15) is 9.59 Å². The van der Waals surface area contributed by atoms with Crippen molar-refractivity contribution in [1.29, 1.82) is 0 Å². The number of halogens is 1. The molecule has 0 aliphatic carbocycles. The average molecular weight is 311 g/mol. The number of rotatable bonds is 2. The monoisotopic (exact) mass is 310 g/mol. The van der Waals surface area contributed by atoms with Crippen LogP contribution in [-0.4, -0.2) is 34.1 Å². The second-order valence-corrected chi connectivity index (χ2v) is 5.87. The van der Waals surface area contributed by atoms with Crippen molar-refractivity contribution in [2.75, 3.05) is 5.32 Å². The van der Waals surface area contributed by atoms with Crippen LogP contribution in [0.2, 0.25) is 5.02 Å². The molecule has 1 aliphatic heterocycles. The van der Waals surface area contributed by atoms with Crippen molar-refractivity contribution in [2.24, 2.45) is 0 Å². The van der Waals surface area contributed by atoms with E-state index in [1.807, 2.05) is 13.8 Å². The number of benzene rings is 1. The summed E-state index contributed by atoms with van der Waals surface area (Å²) in [5.74, 6) is -1.05. The van der Waals surface area contributed by atoms with Crippen LogP contribution < -0.4 is 5.32 Å². The minimum absolute atomic E-state index is 0.0921. The Morgan fingerprint density at radius 3 is 2.48 bits per heavy atom. The molecule has 0 spiro atoms. The summed E-state index contributed by atoms with van der Waals surface area (Å²) in [6, 6.07) is 4.35. The van der Waals surface area contributed by atoms with Crippen LogP contribution in [0.4, 0.5) is 10.5 Å². The summed E-state index contributed by atoms with van der Waals surface area (Å²) < 4.78 is 0. The van der Waals surface area contributed by atoms with Crippen molar-refractivity contribution in [2.45, 2.75) is 45.2 Å². The standard InChI is InChI=1S/C15H19ClN2O3/c1-9-4-3-5-10(2)18(9)15(21)17-13-8-11(14(19)20)6-7-12(13)16/h6-10H,3-5H2,1-2H3,(H,17,21)(H,19,20). The highest BCUT2D eigenvalue weighted by Crippen LogP contribution is 2.27. The van der Waals surface area contributed by atoms with E-state index in [2.05, 4.69) is 5.32 Å². The third-order valence-electron chi connectivity index (χ3n) is 3.88. The topological polar surface area (TPSA) is 69.6 Å². The first-order chi connectivity index (χ1) is 9.90. The molecule has 2 rings (SSSR count). The van der Waals surface area contributed by atoms with Gasteiger partial charge in [0.1, 0.15) is 0 Å². The van der Waals surface area contributed by atoms with Gasteiger partial charge in [0.2, 0.25) is 0 Å². The number of likely N-dealkylation sites (tertiary alicyclic amines) is 1. The number of hydrogen-bond acceptors (Lipinski definition) is 2. The minimum Gasteiger partial charge on any atom is -0.478 e. The smallest absolute Gasteiger partial charge is 0.335 e. The van der Waals surface area contributed by atoms with Crippen LogP contribution in [-0.2, 0) is 0 Å². The van der Waals surface area contributed by atoms with Gasteiger partial charge in [0.15, 0.2) is 0 Å². The lowest BCUT2D eigenvalue weighted by atomic mass is 9.98. The molecule has 2 unspecified atom stereocenters. The maximum Gasteiger partial charge on any atom is 0.335 e. The lowest BCUT2D eigenvalue weighted by Crippen LogP contribution is -2.49. The molecule has 1 aromatic rings. The second-order valence-electron chi connectivity index (χ2n) is 5.47. The average Bonchev–Trinajstić information content (AvgIpc) is 2.40. The Balaban J connectivity index is 2.19. The molecule has 2 amide bonds. The number of anilines is 1. The number of carbonyl (C=O) groups is 2. The van der Waals surface area contributed by atoms with Gasteiger partial charge in [-0.3, -0.25) is 0 Å². The molecule has 6 heteroatoms. The van der Waals surface area contributed by atoms with Crippen LogP contribution in [0.1, 0.15) is 43.5 Å². The molecule has 1 saturated heterocycles. The van der Waals surface area contributed by atoms with Crippen LogP contribution in [0.15, 0.2) is 18.2 Å². The van der Waals surface area contributed by atoms with Gasteiger partial charge in [-0.2, -0.15) is 0 Å². The molecular weight excluding hydrogens is 292 g/mol. The molecule has 1 heterocycles. The van der Waals surface area contributed by atoms with E-state index in [4.69, 9.17) is 16.7 Å². The molecule has 5 nitrogen and oxygen atoms in total. The van der Waals surface area contributed by atoms with Crippen molar-refractivity contribution in [3.8, 4) is 0 Å². The molecule has 1 aliphatic rings. The highest BCUT2D eigenvalue weighted by atomic mass is 35.5. The molecule has 2 atom stereocenters. The Morgan fingerprint density at radius 1 is 1.29 bits per heavy atom. The zero-order valence-corrected chi connectivity index (χ0v) is 12.9. The molecule has 0 saturated carbocycles. The van der Waals surface area contributed by atoms with Crippen molar-refractivity contribution in [3.05, 3.63) is 28.8 Å². The van der Waals surface area contributed by atoms with Crippen LogP contribution in [0, 0.1) is 0 Å². The summed E-state index contributed by atoms with van der Waals surface area (Å²) in [5.41, 5.74) is 0.418. The van der Waals surface area contributed by atoms with Crippen LogP contribution >= 0.6 is 11.6 Å². The predicted octanol–water partition coefficient (Wildman–Crippen LogP) is 3.83. The van der Waals surface area contributed by atoms with Gasteiger partial charge in [-0.25, -0.2) is 9.59 Å². The molecule has 0 radical (unpaired) electrons. The Bertz CT molecular complexity index is 552. The largest absolute Gasteiger partial charge is 0.478 e. The lowest BCUT2D eigenvalue weighted by molar-refractivity contribution is 0.0696. The van der Waals surface area contributed by atoms with E-state index in [1.165, 1.54) is 18.2 Å². The van der Waals surface area contributed by atoms with Gasteiger partial charge in [-0.15, -0.1) is 0 Å². The number of carboxylic acid groups (broad SMARTS) is 1. The number of amides is 2. The normalized spacial score (nSPS) is 22.0. The summed E-state index contributed by atoms with van der Waals surface area (Å²) >= 11 is 6.03. The van der Waals surface area contributed by atoms with Crippen molar-refractivity contribution >= 4 is 29.3 Å². The Kier molecular flexibility index (Phi) is 4.73. The van der Waals surface area contributed by atoms with Gasteiger partial charge in [-0.1, -0.05) is 11.6 Å². The third-order valence-corrected chi connectivity index (χ3v) is 4.21. The Hall–Kier alpha value is -1.75. The van der Waals surface area contributed by atoms with E-state index in [1.54, 1.807) is 4.90 Å². The molecule has 1 aromatic carbocycles. The predicted molar refractivity (Wildman–Crippen MR) is 82.0 cm³/mol. The third kappa shape index (κ3) is 3.47. The second kappa shape index (κ2) is 6.35. The minimum atomic E-state index is -1.05. The molecule has 21 heavy (non-hydrogen) atoms. The van der Waals surface area contributed by atoms with Gasteiger partial charge in [0, 0.05) is 12.1 Å². The quantitative estimate of drug-likeness (QED) is 0.872. The van der Waals surface area contributed by atoms with Crippen LogP contribution in [0.25, 0.3) is 0 Å². The fourth-order valence-corrected chi connectivity index (χ4v) is 2.92. The van der Waals surface area contributed by atoms with Crippen molar-refractivity contribution in [1.82, 2.24) is 4.90 Å². The van der Waals surface area contributed by atoms with Gasteiger partial charge in [0.05, 0.1) is 16.3 Å². The van der Waals surface area contributed by atoms with Gasteiger partial charge >= 0.3 is 12.0 Å². The van der Waals surface area contributed by atoms with Gasteiger partial charge in [-0.05, 0) is 51.3 Å². The number of carbonyl (C=O) groups excluding carboxylic acids is 1. The molecule has 0 aromatic heterocycles. The first-order valence-corrected chi connectivity index (χ1v) is 7.40. The van der Waals surface area contributed by atoms with Crippen LogP contribution in [0.5, 0.6) is 0 Å². The number of aromatic carboxylic acids is 1. The van der Waals surface area contributed by atoms with Gasteiger partial charge < -0.3 is 15.3 Å². The first kappa shape index (κ1) is 15.6. The van der Waals surface area contributed by atoms with E-state index in [0.29, 0.717) is 10.7 Å². The number of urea groups is 1. The highest BCUT2D eigenvalue weighted by molar-refractivity contribution is 6.33. The molecule has 114 valence electrons. The number of nitrogens with zero attached hydrogens (tertiary/aromatic N) is 1. The Labute approximate surface area is 128 Å². The lowest BCUT2D eigenvalue weighted by Gasteiger charge is -2.38. The number of nitrogens with one attached hydrogen (secondary N) is 1. The summed E-state index contributed by atoms with van der Waals surface area (Å²) in [6.07, 6.45) is 3.06. The van der Waals surface area contributed by atoms with E-state index >= 15 is 0 Å². The molecule has 0 bridgehead atoms. The fraction of sp³-hybridized carbons (Fsp3) is 0.467. The molecular formula is C15H19ClN2O3. The van der Waals surface area contributed by atoms with Crippen molar-refractivity contribution in [3.63, 3.8) is 0 Å². The zero-order chi connectivity index (χ0) is 15.6.